The number of nitrogens with one attached hydrogen (secondary N) is 1. The van der Waals surface area contributed by atoms with E-state index in [2.05, 4.69) is 14.6 Å². The lowest BCUT2D eigenvalue weighted by atomic mass is 10.0. The number of aromatic nitrogens is 3. The summed E-state index contributed by atoms with van der Waals surface area (Å²) in [5.41, 5.74) is 2.19. The number of methoxy groups -OCH3 is 1. The van der Waals surface area contributed by atoms with Gasteiger partial charge in [0.15, 0.2) is 0 Å². The topological polar surface area (TPSA) is 166 Å². The van der Waals surface area contributed by atoms with Gasteiger partial charge in [0.2, 0.25) is 21.9 Å². The number of nitrogens with zero attached hydrogens (tertiary/aromatic N) is 5. The lowest BCUT2D eigenvalue weighted by molar-refractivity contribution is -0.143. The summed E-state index contributed by atoms with van der Waals surface area (Å²) in [5, 5.41) is 9.10. The summed E-state index contributed by atoms with van der Waals surface area (Å²) in [5.74, 6) is -0.976. The average molecular weight is 621 g/mol. The van der Waals surface area contributed by atoms with Crippen LogP contribution >= 0.6 is 0 Å². The monoisotopic (exact) mass is 620 g/mol. The first-order valence-electron chi connectivity index (χ1n) is 13.6. The normalized spacial score (nSPS) is 16.3. The van der Waals surface area contributed by atoms with E-state index in [-0.39, 0.29) is 37.5 Å². The molecule has 3 aromatic rings. The van der Waals surface area contributed by atoms with Gasteiger partial charge in [0.1, 0.15) is 18.1 Å². The molecular weight excluding hydrogens is 587 g/mol. The Morgan fingerprint density at radius 2 is 1.95 bits per heavy atom. The third kappa shape index (κ3) is 7.83. The van der Waals surface area contributed by atoms with Gasteiger partial charge in [-0.05, 0) is 23.8 Å². The van der Waals surface area contributed by atoms with Crippen LogP contribution in [0.5, 0.6) is 5.88 Å². The number of hydrogen-bond donors (Lipinski definition) is 2. The van der Waals surface area contributed by atoms with E-state index < -0.39 is 21.8 Å². The molecule has 0 saturated carbocycles. The molecule has 0 aliphatic carbocycles. The Hall–Kier alpha value is -3.70. The number of rotatable bonds is 13. The molecule has 0 amide bonds. The lowest BCUT2D eigenvalue weighted by Gasteiger charge is -2.39. The van der Waals surface area contributed by atoms with Gasteiger partial charge in [-0.25, -0.2) is 32.6 Å². The van der Waals surface area contributed by atoms with E-state index in [0.29, 0.717) is 79.6 Å². The first kappa shape index (κ1) is 30.7. The van der Waals surface area contributed by atoms with Crippen molar-refractivity contribution in [2.45, 2.75) is 12.6 Å². The average Bonchev–Trinajstić information content (AvgIpc) is 2.94. The highest BCUT2D eigenvalue weighted by molar-refractivity contribution is 7.92. The molecule has 2 aliphatic rings. The SMILES string of the molecule is COc1ncc(-c2nc(N3CCOCC3)nc3c(CN4CC(OCCOCC(=O)O)C4)cc(F)cc23)cc1NS(C)(=O)=O. The fourth-order valence-corrected chi connectivity index (χ4v) is 5.49. The Kier molecular flexibility index (Phi) is 9.51. The minimum Gasteiger partial charge on any atom is -0.480 e. The highest BCUT2D eigenvalue weighted by atomic mass is 32.2. The molecule has 0 unspecified atom stereocenters. The van der Waals surface area contributed by atoms with E-state index in [4.69, 9.17) is 34.0 Å². The minimum absolute atomic E-state index is 0.0477. The molecule has 2 aliphatic heterocycles. The van der Waals surface area contributed by atoms with Crippen molar-refractivity contribution in [3.05, 3.63) is 35.8 Å². The van der Waals surface area contributed by atoms with Crippen molar-refractivity contribution in [1.29, 1.82) is 0 Å². The standard InChI is InChI=1S/C27H33FN6O8S/c1-39-26-22(32-43(2,37)38)10-17(12-29-26)24-21-11-19(28)9-18(25(21)31-27(30-24)34-3-5-40-6-4-34)13-33-14-20(15-33)42-8-7-41-16-23(35)36/h9-12,20,32H,3-8,13-16H2,1-2H3,(H,35,36). The molecule has 2 aromatic heterocycles. The zero-order valence-corrected chi connectivity index (χ0v) is 24.6. The molecule has 43 heavy (non-hydrogen) atoms. The summed E-state index contributed by atoms with van der Waals surface area (Å²) in [4.78, 5) is 28.6. The maximum Gasteiger partial charge on any atom is 0.329 e. The second-order valence-corrected chi connectivity index (χ2v) is 12.0. The number of ether oxygens (including phenoxy) is 4. The van der Waals surface area contributed by atoms with Gasteiger partial charge in [-0.3, -0.25) is 9.62 Å². The number of fused-ring (bicyclic) bond motifs is 1. The van der Waals surface area contributed by atoms with Crippen LogP contribution in [0.1, 0.15) is 5.56 Å². The number of sulfonamides is 1. The summed E-state index contributed by atoms with van der Waals surface area (Å²) in [6.45, 7) is 3.88. The molecule has 232 valence electrons. The van der Waals surface area contributed by atoms with Gasteiger partial charge < -0.3 is 29.0 Å². The van der Waals surface area contributed by atoms with Crippen LogP contribution in [0, 0.1) is 5.82 Å². The van der Waals surface area contributed by atoms with Crippen LogP contribution in [0.2, 0.25) is 0 Å². The largest absolute Gasteiger partial charge is 0.480 e. The van der Waals surface area contributed by atoms with Crippen molar-refractivity contribution in [2.75, 3.05) is 82.2 Å². The van der Waals surface area contributed by atoms with Crippen molar-refractivity contribution < 1.29 is 41.7 Å². The van der Waals surface area contributed by atoms with Crippen molar-refractivity contribution in [2.24, 2.45) is 0 Å². The number of hydrogen-bond acceptors (Lipinski definition) is 12. The first-order valence-corrected chi connectivity index (χ1v) is 15.5. The van der Waals surface area contributed by atoms with Gasteiger partial charge in [0, 0.05) is 49.9 Å². The maximum atomic E-state index is 15.1. The Morgan fingerprint density at radius 3 is 2.65 bits per heavy atom. The van der Waals surface area contributed by atoms with Gasteiger partial charge in [0.25, 0.3) is 0 Å². The van der Waals surface area contributed by atoms with Crippen LogP contribution in [0.4, 0.5) is 16.0 Å². The fraction of sp³-hybridized carbons (Fsp3) is 0.481. The number of benzene rings is 1. The Bertz CT molecular complexity index is 1580. The Morgan fingerprint density at radius 1 is 1.19 bits per heavy atom. The highest BCUT2D eigenvalue weighted by Gasteiger charge is 2.29. The number of carboxylic acids is 1. The number of anilines is 2. The van der Waals surface area contributed by atoms with E-state index in [0.717, 1.165) is 6.26 Å². The minimum atomic E-state index is -3.65. The molecular formula is C27H33FN6O8S. The quantitative estimate of drug-likeness (QED) is 0.263. The van der Waals surface area contributed by atoms with Crippen molar-refractivity contribution in [3.8, 4) is 17.1 Å². The van der Waals surface area contributed by atoms with E-state index in [9.17, 15) is 13.2 Å². The van der Waals surface area contributed by atoms with Crippen LogP contribution in [0.15, 0.2) is 24.4 Å². The zero-order chi connectivity index (χ0) is 30.6. The molecule has 0 radical (unpaired) electrons. The second-order valence-electron chi connectivity index (χ2n) is 10.2. The molecule has 0 atom stereocenters. The number of likely N-dealkylation sites (tertiary alicyclic amines) is 1. The van der Waals surface area contributed by atoms with Crippen LogP contribution < -0.4 is 14.4 Å². The predicted octanol–water partition coefficient (Wildman–Crippen LogP) is 1.35. The van der Waals surface area contributed by atoms with E-state index >= 15 is 4.39 Å². The smallest absolute Gasteiger partial charge is 0.329 e. The van der Waals surface area contributed by atoms with Crippen LogP contribution in [0.3, 0.4) is 0 Å². The first-order chi connectivity index (χ1) is 20.6. The van der Waals surface area contributed by atoms with Crippen LogP contribution in [-0.4, -0.2) is 118 Å². The number of halogens is 1. The molecule has 5 rings (SSSR count). The Balaban J connectivity index is 1.46. The third-order valence-electron chi connectivity index (χ3n) is 6.86. The van der Waals surface area contributed by atoms with Gasteiger partial charge in [-0.15, -0.1) is 0 Å². The van der Waals surface area contributed by atoms with Crippen molar-refractivity contribution >= 4 is 38.5 Å². The number of pyridine rings is 1. The van der Waals surface area contributed by atoms with E-state index in [1.165, 1.54) is 25.4 Å². The maximum absolute atomic E-state index is 15.1. The molecule has 14 nitrogen and oxygen atoms in total. The summed E-state index contributed by atoms with van der Waals surface area (Å²) in [7, 11) is -2.27. The fourth-order valence-electron chi connectivity index (χ4n) is 4.95. The number of carbonyl (C=O) groups is 1. The molecule has 2 saturated heterocycles. The summed E-state index contributed by atoms with van der Waals surface area (Å²) in [6.07, 6.45) is 2.48. The molecule has 16 heteroatoms. The molecule has 2 N–H and O–H groups in total. The third-order valence-corrected chi connectivity index (χ3v) is 7.45. The van der Waals surface area contributed by atoms with Crippen LogP contribution in [0.25, 0.3) is 22.2 Å². The van der Waals surface area contributed by atoms with Crippen molar-refractivity contribution in [3.63, 3.8) is 0 Å². The highest BCUT2D eigenvalue weighted by Crippen LogP contribution is 2.35. The molecule has 1 aromatic carbocycles. The van der Waals surface area contributed by atoms with E-state index in [1.807, 2.05) is 4.90 Å². The Labute approximate surface area is 247 Å². The number of carboxylic acid groups (broad SMARTS) is 1. The molecule has 0 spiro atoms. The van der Waals surface area contributed by atoms with Crippen molar-refractivity contribution in [1.82, 2.24) is 19.9 Å². The number of aliphatic carboxylic acids is 1. The van der Waals surface area contributed by atoms with Gasteiger partial charge in [0.05, 0.1) is 57.1 Å². The molecule has 0 bridgehead atoms. The number of morpholine rings is 1. The van der Waals surface area contributed by atoms with Gasteiger partial charge in [-0.2, -0.15) is 0 Å². The van der Waals surface area contributed by atoms with Gasteiger partial charge >= 0.3 is 5.97 Å². The molecule has 4 heterocycles. The lowest BCUT2D eigenvalue weighted by Crippen LogP contribution is -2.51. The summed E-state index contributed by atoms with van der Waals surface area (Å²) < 4.78 is 63.0. The zero-order valence-electron chi connectivity index (χ0n) is 23.8. The summed E-state index contributed by atoms with van der Waals surface area (Å²) in [6, 6.07) is 4.38. The second kappa shape index (κ2) is 13.3. The summed E-state index contributed by atoms with van der Waals surface area (Å²) >= 11 is 0. The van der Waals surface area contributed by atoms with Crippen LogP contribution in [-0.2, 0) is 35.6 Å². The van der Waals surface area contributed by atoms with Gasteiger partial charge in [-0.1, -0.05) is 0 Å². The molecule has 2 fully saturated rings. The predicted molar refractivity (Wildman–Crippen MR) is 154 cm³/mol. The van der Waals surface area contributed by atoms with E-state index in [1.54, 1.807) is 6.07 Å².